The van der Waals surface area contributed by atoms with E-state index >= 15 is 0 Å². The number of ether oxygens (including phenoxy) is 2. The Labute approximate surface area is 196 Å². The highest BCUT2D eigenvalue weighted by atomic mass is 32.2. The van der Waals surface area contributed by atoms with Gasteiger partial charge in [0.05, 0.1) is 24.5 Å². The highest BCUT2D eigenvalue weighted by Crippen LogP contribution is 2.35. The number of aromatic nitrogens is 2. The molecular formula is C19H22N4O6S3. The van der Waals surface area contributed by atoms with Crippen molar-refractivity contribution in [2.75, 3.05) is 29.6 Å². The summed E-state index contributed by atoms with van der Waals surface area (Å²) in [5.74, 6) is -1.59. The molecule has 0 atom stereocenters. The van der Waals surface area contributed by atoms with E-state index in [1.54, 1.807) is 20.8 Å². The largest absolute Gasteiger partial charge is 0.462 e. The van der Waals surface area contributed by atoms with E-state index in [0.29, 0.717) is 15.0 Å². The fourth-order valence-corrected chi connectivity index (χ4v) is 5.26. The number of anilines is 2. The molecule has 13 heteroatoms. The number of rotatable bonds is 10. The molecule has 2 amide bonds. The van der Waals surface area contributed by atoms with Crippen LogP contribution in [0.15, 0.2) is 4.34 Å². The first-order chi connectivity index (χ1) is 15.3. The smallest absolute Gasteiger partial charge is 0.348 e. The zero-order valence-corrected chi connectivity index (χ0v) is 20.1. The van der Waals surface area contributed by atoms with Crippen molar-refractivity contribution in [2.45, 2.75) is 38.0 Å². The fourth-order valence-electron chi connectivity index (χ4n) is 2.60. The molecule has 0 aliphatic heterocycles. The van der Waals surface area contributed by atoms with Crippen molar-refractivity contribution in [3.8, 4) is 0 Å². The number of nitrogens with one attached hydrogen (secondary N) is 2. The van der Waals surface area contributed by atoms with Crippen LogP contribution in [0.4, 0.5) is 10.1 Å². The van der Waals surface area contributed by atoms with E-state index in [0.717, 1.165) is 35.9 Å². The lowest BCUT2D eigenvalue weighted by atomic mass is 10.1. The van der Waals surface area contributed by atoms with Gasteiger partial charge in [-0.15, -0.1) is 21.5 Å². The van der Waals surface area contributed by atoms with Gasteiger partial charge in [0.1, 0.15) is 9.88 Å². The highest BCUT2D eigenvalue weighted by Gasteiger charge is 2.30. The lowest BCUT2D eigenvalue weighted by Crippen LogP contribution is -2.16. The number of hydrogen-bond donors (Lipinski definition) is 2. The molecule has 1 saturated carbocycles. The average molecular weight is 499 g/mol. The number of carbonyl (C=O) groups excluding carboxylic acids is 4. The van der Waals surface area contributed by atoms with Crippen molar-refractivity contribution in [1.29, 1.82) is 0 Å². The van der Waals surface area contributed by atoms with Crippen LogP contribution in [0.25, 0.3) is 0 Å². The van der Waals surface area contributed by atoms with Crippen molar-refractivity contribution in [1.82, 2.24) is 10.2 Å². The third kappa shape index (κ3) is 6.04. The zero-order chi connectivity index (χ0) is 23.3. The van der Waals surface area contributed by atoms with Gasteiger partial charge in [-0.25, -0.2) is 9.59 Å². The molecule has 32 heavy (non-hydrogen) atoms. The van der Waals surface area contributed by atoms with Crippen molar-refractivity contribution in [3.63, 3.8) is 0 Å². The molecule has 0 radical (unpaired) electrons. The summed E-state index contributed by atoms with van der Waals surface area (Å²) in [5, 5.41) is 13.9. The predicted molar refractivity (Wildman–Crippen MR) is 122 cm³/mol. The molecule has 3 rings (SSSR count). The van der Waals surface area contributed by atoms with E-state index < -0.39 is 17.8 Å². The number of nitrogens with zero attached hydrogens (tertiary/aromatic N) is 2. The Balaban J connectivity index is 1.65. The van der Waals surface area contributed by atoms with Crippen LogP contribution in [0.1, 0.15) is 52.3 Å². The SMILES string of the molecule is CCOC(=O)c1sc(NC(=O)CSc2nnc(NC(=O)C3CC3)s2)c(C(=O)OCC)c1C. The Morgan fingerprint density at radius 3 is 2.38 bits per heavy atom. The van der Waals surface area contributed by atoms with Crippen LogP contribution in [0.2, 0.25) is 0 Å². The molecule has 2 aromatic heterocycles. The van der Waals surface area contributed by atoms with Gasteiger partial charge in [0.15, 0.2) is 4.34 Å². The Bertz CT molecular complexity index is 1030. The quantitative estimate of drug-likeness (QED) is 0.287. The van der Waals surface area contributed by atoms with Crippen LogP contribution in [-0.4, -0.2) is 52.9 Å². The summed E-state index contributed by atoms with van der Waals surface area (Å²) in [7, 11) is 0. The Hall–Kier alpha value is -2.51. The molecule has 1 aliphatic rings. The summed E-state index contributed by atoms with van der Waals surface area (Å²) in [6, 6.07) is 0. The summed E-state index contributed by atoms with van der Waals surface area (Å²) < 4.78 is 10.6. The third-order valence-electron chi connectivity index (χ3n) is 4.25. The van der Waals surface area contributed by atoms with Crippen LogP contribution < -0.4 is 10.6 Å². The summed E-state index contributed by atoms with van der Waals surface area (Å²) in [5.41, 5.74) is 0.536. The van der Waals surface area contributed by atoms with Crippen LogP contribution in [-0.2, 0) is 19.1 Å². The van der Waals surface area contributed by atoms with E-state index in [2.05, 4.69) is 20.8 Å². The number of esters is 2. The molecule has 0 spiro atoms. The number of thioether (sulfide) groups is 1. The molecule has 2 aromatic rings. The summed E-state index contributed by atoms with van der Waals surface area (Å²) in [4.78, 5) is 49.2. The second-order valence-electron chi connectivity index (χ2n) is 6.67. The molecule has 1 fully saturated rings. The second-order valence-corrected chi connectivity index (χ2v) is 9.90. The maximum atomic E-state index is 12.5. The Kier molecular flexibility index (Phi) is 8.21. The molecule has 0 saturated heterocycles. The number of amides is 2. The maximum Gasteiger partial charge on any atom is 0.348 e. The third-order valence-corrected chi connectivity index (χ3v) is 7.41. The molecular weight excluding hydrogens is 476 g/mol. The van der Waals surface area contributed by atoms with Crippen molar-refractivity contribution in [2.24, 2.45) is 5.92 Å². The summed E-state index contributed by atoms with van der Waals surface area (Å²) >= 11 is 3.30. The fraction of sp³-hybridized carbons (Fsp3) is 0.474. The lowest BCUT2D eigenvalue weighted by Gasteiger charge is -2.06. The first kappa shape index (κ1) is 24.1. The van der Waals surface area contributed by atoms with Gasteiger partial charge in [0.2, 0.25) is 16.9 Å². The molecule has 2 N–H and O–H groups in total. The van der Waals surface area contributed by atoms with E-state index in [1.807, 2.05) is 0 Å². The summed E-state index contributed by atoms with van der Waals surface area (Å²) in [6.07, 6.45) is 1.78. The van der Waals surface area contributed by atoms with Gasteiger partial charge in [-0.1, -0.05) is 23.1 Å². The molecule has 2 heterocycles. The number of carbonyl (C=O) groups is 4. The van der Waals surface area contributed by atoms with E-state index in [1.165, 1.54) is 11.3 Å². The van der Waals surface area contributed by atoms with Gasteiger partial charge < -0.3 is 20.1 Å². The van der Waals surface area contributed by atoms with Gasteiger partial charge >= 0.3 is 11.9 Å². The molecule has 0 unspecified atom stereocenters. The van der Waals surface area contributed by atoms with Gasteiger partial charge in [-0.05, 0) is 39.2 Å². The molecule has 10 nitrogen and oxygen atoms in total. The Morgan fingerprint density at radius 2 is 1.72 bits per heavy atom. The van der Waals surface area contributed by atoms with Crippen LogP contribution in [0.5, 0.6) is 0 Å². The first-order valence-electron chi connectivity index (χ1n) is 9.88. The van der Waals surface area contributed by atoms with Crippen LogP contribution in [0.3, 0.4) is 0 Å². The normalized spacial score (nSPS) is 12.8. The van der Waals surface area contributed by atoms with Crippen LogP contribution in [0, 0.1) is 12.8 Å². The van der Waals surface area contributed by atoms with E-state index in [4.69, 9.17) is 9.47 Å². The predicted octanol–water partition coefficient (Wildman–Crippen LogP) is 3.34. The molecule has 0 bridgehead atoms. The highest BCUT2D eigenvalue weighted by molar-refractivity contribution is 8.01. The number of thiophene rings is 1. The number of hydrogen-bond acceptors (Lipinski definition) is 11. The molecule has 1 aliphatic carbocycles. The molecule has 172 valence electrons. The Morgan fingerprint density at radius 1 is 1.03 bits per heavy atom. The monoisotopic (exact) mass is 498 g/mol. The molecule has 0 aromatic carbocycles. The van der Waals surface area contributed by atoms with Gasteiger partial charge in [0.25, 0.3) is 0 Å². The summed E-state index contributed by atoms with van der Waals surface area (Å²) in [6.45, 7) is 5.31. The average Bonchev–Trinajstić information content (AvgIpc) is 3.43. The minimum absolute atomic E-state index is 0.000836. The van der Waals surface area contributed by atoms with E-state index in [9.17, 15) is 19.2 Å². The standard InChI is InChI=1S/C19H22N4O6S3/c1-4-28-16(26)12-9(3)13(17(27)29-5-2)31-15(12)20-11(24)8-30-19-23-22-18(32-19)21-14(25)10-6-7-10/h10H,4-8H2,1-3H3,(H,20,24)(H,21,22,25). The van der Waals surface area contributed by atoms with Gasteiger partial charge in [-0.3, -0.25) is 9.59 Å². The van der Waals surface area contributed by atoms with E-state index in [-0.39, 0.29) is 46.2 Å². The minimum atomic E-state index is -0.625. The maximum absolute atomic E-state index is 12.5. The van der Waals surface area contributed by atoms with Crippen molar-refractivity contribution >= 4 is 68.3 Å². The zero-order valence-electron chi connectivity index (χ0n) is 17.7. The van der Waals surface area contributed by atoms with Gasteiger partial charge in [-0.2, -0.15) is 0 Å². The van der Waals surface area contributed by atoms with Crippen molar-refractivity contribution < 1.29 is 28.7 Å². The van der Waals surface area contributed by atoms with Gasteiger partial charge in [0, 0.05) is 5.92 Å². The first-order valence-corrected chi connectivity index (χ1v) is 12.5. The topological polar surface area (TPSA) is 137 Å². The minimum Gasteiger partial charge on any atom is -0.462 e. The van der Waals surface area contributed by atoms with Crippen LogP contribution >= 0.6 is 34.4 Å². The van der Waals surface area contributed by atoms with Crippen molar-refractivity contribution in [3.05, 3.63) is 16.0 Å². The lowest BCUT2D eigenvalue weighted by molar-refractivity contribution is -0.117. The second kappa shape index (κ2) is 10.9.